The molecule has 2 amide bonds. The Morgan fingerprint density at radius 1 is 1.18 bits per heavy atom. The Labute approximate surface area is 189 Å². The number of nitrogens with zero attached hydrogens (tertiary/aromatic N) is 1. The molecule has 0 bridgehead atoms. The summed E-state index contributed by atoms with van der Waals surface area (Å²) in [5, 5.41) is 5.46. The number of methoxy groups -OCH3 is 1. The molecule has 1 aromatic carbocycles. The first-order valence-corrected chi connectivity index (χ1v) is 10.6. The molecule has 1 fully saturated rings. The van der Waals surface area contributed by atoms with Crippen molar-refractivity contribution in [2.75, 3.05) is 13.7 Å². The fourth-order valence-corrected chi connectivity index (χ4v) is 4.08. The molecule has 3 N–H and O–H groups in total. The number of ether oxygens (including phenoxy) is 1. The van der Waals surface area contributed by atoms with Crippen LogP contribution in [0.5, 0.6) is 5.88 Å². The van der Waals surface area contributed by atoms with Gasteiger partial charge < -0.3 is 20.4 Å². The summed E-state index contributed by atoms with van der Waals surface area (Å²) in [5.41, 5.74) is 4.40. The van der Waals surface area contributed by atoms with Crippen molar-refractivity contribution in [2.24, 2.45) is 0 Å². The van der Waals surface area contributed by atoms with Gasteiger partial charge in [-0.2, -0.15) is 9.37 Å². The van der Waals surface area contributed by atoms with Gasteiger partial charge in [0, 0.05) is 18.7 Å². The lowest BCUT2D eigenvalue weighted by Crippen LogP contribution is -2.40. The van der Waals surface area contributed by atoms with Crippen LogP contribution in [-0.4, -0.2) is 41.5 Å². The maximum Gasteiger partial charge on any atom is 0.242 e. The average Bonchev–Trinajstić information content (AvgIpc) is 3.35. The summed E-state index contributed by atoms with van der Waals surface area (Å²) >= 11 is 0. The van der Waals surface area contributed by atoms with Crippen LogP contribution in [0.4, 0.5) is 8.78 Å². The number of carbonyl (C=O) groups is 2. The first-order valence-electron chi connectivity index (χ1n) is 10.6. The highest BCUT2D eigenvalue weighted by Crippen LogP contribution is 2.37. The summed E-state index contributed by atoms with van der Waals surface area (Å²) in [4.78, 5) is 31.4. The molecule has 0 aliphatic carbocycles. The second-order valence-electron chi connectivity index (χ2n) is 7.88. The Hall–Kier alpha value is -3.75. The van der Waals surface area contributed by atoms with E-state index in [9.17, 15) is 18.4 Å². The molecule has 9 heteroatoms. The van der Waals surface area contributed by atoms with Crippen molar-refractivity contribution in [3.63, 3.8) is 0 Å². The van der Waals surface area contributed by atoms with Crippen LogP contribution in [0.15, 0.2) is 36.4 Å². The normalized spacial score (nSPS) is 15.4. The molecule has 1 unspecified atom stereocenters. The zero-order valence-corrected chi connectivity index (χ0v) is 18.3. The van der Waals surface area contributed by atoms with E-state index in [0.29, 0.717) is 30.6 Å². The summed E-state index contributed by atoms with van der Waals surface area (Å²) in [5.74, 6) is -1.30. The van der Waals surface area contributed by atoms with Gasteiger partial charge in [-0.15, -0.1) is 0 Å². The molecule has 1 aliphatic rings. The Balaban J connectivity index is 1.68. The number of pyridine rings is 1. The average molecular weight is 454 g/mol. The summed E-state index contributed by atoms with van der Waals surface area (Å²) in [6, 6.07) is 8.33. The summed E-state index contributed by atoms with van der Waals surface area (Å²) < 4.78 is 32.4. The number of rotatable bonds is 7. The van der Waals surface area contributed by atoms with Gasteiger partial charge in [0.1, 0.15) is 11.9 Å². The van der Waals surface area contributed by atoms with Gasteiger partial charge in [-0.1, -0.05) is 0 Å². The topological polar surface area (TPSA) is 96.1 Å². The second kappa shape index (κ2) is 9.40. The summed E-state index contributed by atoms with van der Waals surface area (Å²) in [6.07, 6.45) is 1.11. The van der Waals surface area contributed by atoms with E-state index in [2.05, 4.69) is 20.6 Å². The highest BCUT2D eigenvalue weighted by atomic mass is 19.1. The van der Waals surface area contributed by atoms with Crippen molar-refractivity contribution in [1.29, 1.82) is 0 Å². The van der Waals surface area contributed by atoms with Gasteiger partial charge in [0.2, 0.25) is 23.6 Å². The van der Waals surface area contributed by atoms with Crippen molar-refractivity contribution in [3.05, 3.63) is 59.3 Å². The monoisotopic (exact) mass is 454 g/mol. The fraction of sp³-hybridized carbons (Fsp3) is 0.292. The summed E-state index contributed by atoms with van der Waals surface area (Å²) in [6.45, 7) is 2.44. The fourth-order valence-electron chi connectivity index (χ4n) is 4.08. The predicted molar refractivity (Wildman–Crippen MR) is 119 cm³/mol. The van der Waals surface area contributed by atoms with Crippen LogP contribution in [0.3, 0.4) is 0 Å². The van der Waals surface area contributed by atoms with Crippen LogP contribution in [0, 0.1) is 18.7 Å². The number of benzene rings is 1. The van der Waals surface area contributed by atoms with Gasteiger partial charge in [0.25, 0.3) is 0 Å². The number of halogens is 2. The molecule has 2 aromatic heterocycles. The lowest BCUT2D eigenvalue weighted by Gasteiger charge is -2.11. The Bertz CT molecular complexity index is 1190. The number of H-pyrrole nitrogens is 1. The van der Waals surface area contributed by atoms with Crippen molar-refractivity contribution in [2.45, 2.75) is 32.2 Å². The van der Waals surface area contributed by atoms with Crippen molar-refractivity contribution in [3.8, 4) is 28.4 Å². The molecule has 1 saturated heterocycles. The highest BCUT2D eigenvalue weighted by Gasteiger charge is 2.26. The zero-order valence-electron chi connectivity index (χ0n) is 18.3. The van der Waals surface area contributed by atoms with Crippen molar-refractivity contribution >= 4 is 11.8 Å². The van der Waals surface area contributed by atoms with Gasteiger partial charge in [0.05, 0.1) is 18.4 Å². The summed E-state index contributed by atoms with van der Waals surface area (Å²) in [7, 11) is 1.41. The molecule has 3 aromatic rings. The quantitative estimate of drug-likeness (QED) is 0.478. The molecule has 172 valence electrons. The molecule has 1 aliphatic heterocycles. The lowest BCUT2D eigenvalue weighted by molar-refractivity contribution is -0.127. The van der Waals surface area contributed by atoms with Crippen LogP contribution in [0.25, 0.3) is 22.5 Å². The van der Waals surface area contributed by atoms with Crippen LogP contribution in [0.2, 0.25) is 0 Å². The first kappa shape index (κ1) is 22.4. The van der Waals surface area contributed by atoms with E-state index < -0.39 is 12.0 Å². The van der Waals surface area contributed by atoms with E-state index in [0.717, 1.165) is 22.4 Å². The van der Waals surface area contributed by atoms with Crippen LogP contribution in [0.1, 0.15) is 24.0 Å². The van der Waals surface area contributed by atoms with Gasteiger partial charge >= 0.3 is 0 Å². The lowest BCUT2D eigenvalue weighted by atomic mass is 9.99. The van der Waals surface area contributed by atoms with Crippen molar-refractivity contribution < 1.29 is 23.1 Å². The molecule has 7 nitrogen and oxygen atoms in total. The van der Waals surface area contributed by atoms with E-state index in [1.54, 1.807) is 18.2 Å². The third-order valence-corrected chi connectivity index (χ3v) is 5.79. The van der Waals surface area contributed by atoms with Gasteiger partial charge in [-0.25, -0.2) is 4.39 Å². The van der Waals surface area contributed by atoms with Gasteiger partial charge in [-0.05, 0) is 72.9 Å². The molecule has 0 spiro atoms. The van der Waals surface area contributed by atoms with E-state index >= 15 is 0 Å². The second-order valence-corrected chi connectivity index (χ2v) is 7.88. The SMILES string of the molecule is COc1nc(F)ccc1-c1[nH]c(-c2ccc(F)cc2)c(CCC(=O)NC2CCNC2=O)c1C. The molecular weight excluding hydrogens is 430 g/mol. The van der Waals surface area contributed by atoms with E-state index in [4.69, 9.17) is 4.74 Å². The molecule has 1 atom stereocenters. The molecule has 3 heterocycles. The largest absolute Gasteiger partial charge is 0.480 e. The number of carbonyl (C=O) groups excluding carboxylic acids is 2. The predicted octanol–water partition coefficient (Wildman–Crippen LogP) is 3.28. The number of nitrogens with one attached hydrogen (secondary N) is 3. The number of hydrogen-bond donors (Lipinski definition) is 3. The Morgan fingerprint density at radius 2 is 1.94 bits per heavy atom. The third-order valence-electron chi connectivity index (χ3n) is 5.79. The number of aromatic nitrogens is 2. The molecule has 0 radical (unpaired) electrons. The third kappa shape index (κ3) is 4.72. The minimum absolute atomic E-state index is 0.126. The minimum atomic E-state index is -0.661. The standard InChI is InChI=1S/C24H24F2N4O3/c1-13-16(8-10-20(31)28-18-11-12-27-23(18)32)22(14-3-5-15(25)6-4-14)30-21(13)17-7-9-19(26)29-24(17)33-2/h3-7,9,18,30H,8,10-12H2,1-2H3,(H,27,32)(H,28,31). The van der Waals surface area contributed by atoms with E-state index in [-0.39, 0.29) is 29.9 Å². The molecular formula is C24H24F2N4O3. The zero-order chi connectivity index (χ0) is 23.5. The Kier molecular flexibility index (Phi) is 6.39. The number of amides is 2. The van der Waals surface area contributed by atoms with E-state index in [1.165, 1.54) is 25.3 Å². The Morgan fingerprint density at radius 3 is 2.61 bits per heavy atom. The van der Waals surface area contributed by atoms with Crippen molar-refractivity contribution in [1.82, 2.24) is 20.6 Å². The molecule has 4 rings (SSSR count). The van der Waals surface area contributed by atoms with Gasteiger partial charge in [0.15, 0.2) is 0 Å². The smallest absolute Gasteiger partial charge is 0.242 e. The van der Waals surface area contributed by atoms with Crippen LogP contribution < -0.4 is 15.4 Å². The highest BCUT2D eigenvalue weighted by molar-refractivity contribution is 5.89. The minimum Gasteiger partial charge on any atom is -0.480 e. The van der Waals surface area contributed by atoms with Crippen LogP contribution in [-0.2, 0) is 16.0 Å². The van der Waals surface area contributed by atoms with E-state index in [1.807, 2.05) is 6.92 Å². The van der Waals surface area contributed by atoms with Crippen LogP contribution >= 0.6 is 0 Å². The maximum atomic E-state index is 13.6. The number of aromatic amines is 1. The number of hydrogen-bond acceptors (Lipinski definition) is 4. The maximum absolute atomic E-state index is 13.6. The molecule has 0 saturated carbocycles. The van der Waals surface area contributed by atoms with Gasteiger partial charge in [-0.3, -0.25) is 9.59 Å². The molecule has 33 heavy (non-hydrogen) atoms. The first-order chi connectivity index (χ1) is 15.9.